The Morgan fingerprint density at radius 3 is 2.74 bits per heavy atom. The van der Waals surface area contributed by atoms with E-state index in [1.54, 1.807) is 23.4 Å². The molecule has 7 heteroatoms. The summed E-state index contributed by atoms with van der Waals surface area (Å²) in [6.45, 7) is 2.48. The van der Waals surface area contributed by atoms with Gasteiger partial charge in [0.05, 0.1) is 23.3 Å². The minimum absolute atomic E-state index is 0.101. The summed E-state index contributed by atoms with van der Waals surface area (Å²) in [7, 11) is 0. The molecule has 0 saturated carbocycles. The maximum Gasteiger partial charge on any atom is 0.252 e. The van der Waals surface area contributed by atoms with E-state index in [1.807, 2.05) is 49.4 Å². The van der Waals surface area contributed by atoms with E-state index >= 15 is 0 Å². The molecule has 0 bridgehead atoms. The van der Waals surface area contributed by atoms with Crippen LogP contribution in [0.5, 0.6) is 0 Å². The molecule has 0 radical (unpaired) electrons. The van der Waals surface area contributed by atoms with Gasteiger partial charge in [0, 0.05) is 29.4 Å². The van der Waals surface area contributed by atoms with Gasteiger partial charge in [-0.2, -0.15) is 5.10 Å². The number of rotatable bonds is 5. The Morgan fingerprint density at radius 1 is 1.15 bits per heavy atom. The van der Waals surface area contributed by atoms with Crippen LogP contribution < -0.4 is 5.32 Å². The quantitative estimate of drug-likeness (QED) is 0.593. The number of nitrogens with zero attached hydrogens (tertiary/aromatic N) is 5. The van der Waals surface area contributed by atoms with E-state index in [2.05, 4.69) is 20.4 Å². The lowest BCUT2D eigenvalue weighted by Gasteiger charge is -2.15. The van der Waals surface area contributed by atoms with Crippen molar-refractivity contribution in [1.29, 1.82) is 0 Å². The Kier molecular flexibility index (Phi) is 4.57. The Bertz CT molecular complexity index is 1060. The van der Waals surface area contributed by atoms with Crippen molar-refractivity contribution in [2.75, 3.05) is 0 Å². The number of carbonyl (C=O) groups is 1. The molecule has 3 aromatic heterocycles. The van der Waals surface area contributed by atoms with Crippen molar-refractivity contribution in [1.82, 2.24) is 30.0 Å². The number of hydrogen-bond donors (Lipinski definition) is 1. The van der Waals surface area contributed by atoms with Crippen LogP contribution in [-0.2, 0) is 6.54 Å². The molecular weight excluding hydrogens is 340 g/mol. The standard InChI is InChI=1S/C20H18N6O/c1-14(11-26-13-22-12-23-26)24-20(27)17-10-19(15-6-8-21-9-7-15)25-18-5-3-2-4-16(17)18/h2-10,12-14H,11H2,1H3,(H,24,27)/t14-/m0/s1. The van der Waals surface area contributed by atoms with Gasteiger partial charge in [-0.15, -0.1) is 0 Å². The minimum atomic E-state index is -0.142. The normalized spacial score (nSPS) is 12.0. The van der Waals surface area contributed by atoms with Crippen LogP contribution >= 0.6 is 0 Å². The third kappa shape index (κ3) is 3.67. The lowest BCUT2D eigenvalue weighted by atomic mass is 10.0. The number of carbonyl (C=O) groups excluding carboxylic acids is 1. The molecule has 0 fully saturated rings. The lowest BCUT2D eigenvalue weighted by Crippen LogP contribution is -2.36. The summed E-state index contributed by atoms with van der Waals surface area (Å²) in [4.78, 5) is 25.7. The Morgan fingerprint density at radius 2 is 1.96 bits per heavy atom. The molecule has 0 saturated heterocycles. The Hall–Kier alpha value is -3.61. The highest BCUT2D eigenvalue weighted by molar-refractivity contribution is 6.07. The van der Waals surface area contributed by atoms with Crippen LogP contribution in [0, 0.1) is 0 Å². The maximum absolute atomic E-state index is 13.0. The van der Waals surface area contributed by atoms with Crippen molar-refractivity contribution in [2.24, 2.45) is 0 Å². The summed E-state index contributed by atoms with van der Waals surface area (Å²) in [5, 5.41) is 7.94. The predicted octanol–water partition coefficient (Wildman–Crippen LogP) is 2.71. The number of nitrogens with one attached hydrogen (secondary N) is 1. The molecule has 0 aliphatic rings. The number of para-hydroxylation sites is 1. The minimum Gasteiger partial charge on any atom is -0.348 e. The topological polar surface area (TPSA) is 85.6 Å². The highest BCUT2D eigenvalue weighted by Gasteiger charge is 2.16. The number of hydrogen-bond acceptors (Lipinski definition) is 5. The first-order valence-electron chi connectivity index (χ1n) is 8.64. The van der Waals surface area contributed by atoms with Crippen LogP contribution in [0.1, 0.15) is 17.3 Å². The van der Waals surface area contributed by atoms with E-state index in [1.165, 1.54) is 6.33 Å². The van der Waals surface area contributed by atoms with Crippen LogP contribution in [0.15, 0.2) is 67.5 Å². The summed E-state index contributed by atoms with van der Waals surface area (Å²) in [6, 6.07) is 13.1. The van der Waals surface area contributed by atoms with Crippen molar-refractivity contribution >= 4 is 16.8 Å². The molecule has 1 N–H and O–H groups in total. The largest absolute Gasteiger partial charge is 0.348 e. The fraction of sp³-hybridized carbons (Fsp3) is 0.150. The number of pyridine rings is 2. The summed E-state index contributed by atoms with van der Waals surface area (Å²) in [6.07, 6.45) is 6.54. The molecule has 134 valence electrons. The number of amides is 1. The van der Waals surface area contributed by atoms with Gasteiger partial charge in [0.15, 0.2) is 0 Å². The van der Waals surface area contributed by atoms with Crippen LogP contribution in [-0.4, -0.2) is 36.7 Å². The van der Waals surface area contributed by atoms with Crippen molar-refractivity contribution in [3.63, 3.8) is 0 Å². The van der Waals surface area contributed by atoms with E-state index in [-0.39, 0.29) is 11.9 Å². The molecule has 0 spiro atoms. The molecule has 7 nitrogen and oxygen atoms in total. The van der Waals surface area contributed by atoms with Gasteiger partial charge in [0.1, 0.15) is 12.7 Å². The predicted molar refractivity (Wildman–Crippen MR) is 102 cm³/mol. The van der Waals surface area contributed by atoms with E-state index in [4.69, 9.17) is 4.98 Å². The van der Waals surface area contributed by atoms with Gasteiger partial charge in [0.25, 0.3) is 5.91 Å². The van der Waals surface area contributed by atoms with Gasteiger partial charge in [-0.05, 0) is 31.2 Å². The zero-order chi connectivity index (χ0) is 18.6. The highest BCUT2D eigenvalue weighted by Crippen LogP contribution is 2.24. The molecule has 4 aromatic rings. The average molecular weight is 358 g/mol. The van der Waals surface area contributed by atoms with Gasteiger partial charge < -0.3 is 5.32 Å². The van der Waals surface area contributed by atoms with Gasteiger partial charge in [0.2, 0.25) is 0 Å². The molecular formula is C20H18N6O. The molecule has 1 atom stereocenters. The van der Waals surface area contributed by atoms with Crippen LogP contribution in [0.4, 0.5) is 0 Å². The molecule has 4 rings (SSSR count). The van der Waals surface area contributed by atoms with Crippen LogP contribution in [0.2, 0.25) is 0 Å². The summed E-state index contributed by atoms with van der Waals surface area (Å²) in [5.41, 5.74) is 3.03. The van der Waals surface area contributed by atoms with Crippen molar-refractivity contribution in [3.8, 4) is 11.3 Å². The first-order chi connectivity index (χ1) is 13.2. The highest BCUT2D eigenvalue weighted by atomic mass is 16.1. The smallest absolute Gasteiger partial charge is 0.252 e. The monoisotopic (exact) mass is 358 g/mol. The van der Waals surface area contributed by atoms with Crippen molar-refractivity contribution in [3.05, 3.63) is 73.1 Å². The molecule has 0 aliphatic heterocycles. The van der Waals surface area contributed by atoms with E-state index in [0.29, 0.717) is 12.1 Å². The molecule has 0 unspecified atom stereocenters. The van der Waals surface area contributed by atoms with E-state index in [9.17, 15) is 4.79 Å². The van der Waals surface area contributed by atoms with E-state index < -0.39 is 0 Å². The average Bonchev–Trinajstić information content (AvgIpc) is 3.20. The Labute approximate surface area is 156 Å². The Balaban J connectivity index is 1.68. The number of fused-ring (bicyclic) bond motifs is 1. The molecule has 1 aromatic carbocycles. The first-order valence-corrected chi connectivity index (χ1v) is 8.64. The molecule has 1 amide bonds. The molecule has 27 heavy (non-hydrogen) atoms. The summed E-state index contributed by atoms with van der Waals surface area (Å²) >= 11 is 0. The summed E-state index contributed by atoms with van der Waals surface area (Å²) in [5.74, 6) is -0.142. The van der Waals surface area contributed by atoms with Crippen LogP contribution in [0.25, 0.3) is 22.2 Å². The van der Waals surface area contributed by atoms with Crippen molar-refractivity contribution in [2.45, 2.75) is 19.5 Å². The molecule has 0 aliphatic carbocycles. The fourth-order valence-corrected chi connectivity index (χ4v) is 2.99. The third-order valence-corrected chi connectivity index (χ3v) is 4.24. The van der Waals surface area contributed by atoms with E-state index in [0.717, 1.165) is 22.2 Å². The van der Waals surface area contributed by atoms with Gasteiger partial charge in [-0.25, -0.2) is 9.97 Å². The lowest BCUT2D eigenvalue weighted by molar-refractivity contribution is 0.0937. The zero-order valence-corrected chi connectivity index (χ0v) is 14.8. The number of aromatic nitrogens is 5. The zero-order valence-electron chi connectivity index (χ0n) is 14.8. The SMILES string of the molecule is C[C@@H](Cn1cncn1)NC(=O)c1cc(-c2ccncc2)nc2ccccc12. The van der Waals surface area contributed by atoms with Gasteiger partial charge in [-0.3, -0.25) is 14.5 Å². The van der Waals surface area contributed by atoms with Gasteiger partial charge >= 0.3 is 0 Å². The maximum atomic E-state index is 13.0. The van der Waals surface area contributed by atoms with Gasteiger partial charge in [-0.1, -0.05) is 18.2 Å². The van der Waals surface area contributed by atoms with Crippen molar-refractivity contribution < 1.29 is 4.79 Å². The second-order valence-electron chi connectivity index (χ2n) is 6.30. The summed E-state index contributed by atoms with van der Waals surface area (Å²) < 4.78 is 1.69. The second kappa shape index (κ2) is 7.33. The molecule has 3 heterocycles. The first kappa shape index (κ1) is 16.8. The number of benzene rings is 1. The third-order valence-electron chi connectivity index (χ3n) is 4.24. The second-order valence-corrected chi connectivity index (χ2v) is 6.30. The van der Waals surface area contributed by atoms with Crippen LogP contribution in [0.3, 0.4) is 0 Å². The fourth-order valence-electron chi connectivity index (χ4n) is 2.99.